The van der Waals surface area contributed by atoms with E-state index in [-0.39, 0.29) is 0 Å². The first-order valence-electron chi connectivity index (χ1n) is 6.02. The van der Waals surface area contributed by atoms with Crippen LogP contribution in [0.1, 0.15) is 10.4 Å². The van der Waals surface area contributed by atoms with Crippen molar-refractivity contribution in [3.05, 3.63) is 66.5 Å². The number of nitro benzene ring substituents is 3. The molecule has 0 bridgehead atoms. The predicted molar refractivity (Wildman–Crippen MR) is 79.8 cm³/mol. The maximum atomic E-state index is 10.8. The number of non-ortho nitro benzene ring substituents is 1. The number of anilines is 1. The van der Waals surface area contributed by atoms with E-state index in [2.05, 4.69) is 9.97 Å². The van der Waals surface area contributed by atoms with E-state index in [0.717, 1.165) is 0 Å². The number of benzene rings is 1. The zero-order valence-electron chi connectivity index (χ0n) is 12.0. The van der Waals surface area contributed by atoms with E-state index in [1.807, 2.05) is 0 Å². The molecule has 0 radical (unpaired) electrons. The maximum Gasteiger partial charge on any atom is 0.349 e. The van der Waals surface area contributed by atoms with Crippen molar-refractivity contribution >= 4 is 29.0 Å². The number of nitrogen functional groups attached to an aromatic ring is 1. The number of nitrogens with zero attached hydrogens (tertiary/aromatic N) is 5. The van der Waals surface area contributed by atoms with E-state index in [9.17, 15) is 35.1 Å². The summed E-state index contributed by atoms with van der Waals surface area (Å²) in [5.41, 5.74) is 0.595. The van der Waals surface area contributed by atoms with E-state index in [0.29, 0.717) is 18.1 Å². The minimum absolute atomic E-state index is 0.322. The van der Waals surface area contributed by atoms with Crippen LogP contribution in [0.3, 0.4) is 0 Å². The SMILES string of the molecule is Nc1ncccn1.O=C(O)c1c([N+](=O)[O-])cc([N+](=O)[O-])cc1[N+](=O)[O-]. The van der Waals surface area contributed by atoms with Crippen molar-refractivity contribution in [2.75, 3.05) is 5.73 Å². The van der Waals surface area contributed by atoms with Gasteiger partial charge in [0.2, 0.25) is 11.5 Å². The smallest absolute Gasteiger partial charge is 0.349 e. The molecule has 0 aliphatic carbocycles. The Morgan fingerprint density at radius 2 is 1.40 bits per heavy atom. The second-order valence-electron chi connectivity index (χ2n) is 4.04. The fourth-order valence-corrected chi connectivity index (χ4v) is 1.52. The number of aromatic nitrogens is 2. The van der Waals surface area contributed by atoms with Gasteiger partial charge in [-0.15, -0.1) is 0 Å². The Balaban J connectivity index is 0.000000370. The van der Waals surface area contributed by atoms with Crippen LogP contribution in [0.25, 0.3) is 0 Å². The molecule has 3 N–H and O–H groups in total. The van der Waals surface area contributed by atoms with E-state index in [4.69, 9.17) is 10.8 Å². The van der Waals surface area contributed by atoms with Crippen molar-refractivity contribution in [3.63, 3.8) is 0 Å². The normalized spacial score (nSPS) is 9.44. The monoisotopic (exact) mass is 352 g/mol. The number of carboxylic acids is 1. The molecule has 0 atom stereocenters. The first-order chi connectivity index (χ1) is 11.6. The maximum absolute atomic E-state index is 10.8. The molecule has 2 rings (SSSR count). The molecule has 0 unspecified atom stereocenters. The molecule has 2 aromatic rings. The molecule has 0 aliphatic heterocycles. The van der Waals surface area contributed by atoms with Gasteiger partial charge >= 0.3 is 5.97 Å². The molecule has 0 saturated carbocycles. The molecule has 1 aromatic heterocycles. The lowest BCUT2D eigenvalue weighted by Crippen LogP contribution is -2.08. The van der Waals surface area contributed by atoms with Crippen molar-refractivity contribution in [3.8, 4) is 0 Å². The highest BCUT2D eigenvalue weighted by Gasteiger charge is 2.34. The quantitative estimate of drug-likeness (QED) is 0.587. The summed E-state index contributed by atoms with van der Waals surface area (Å²) >= 11 is 0. The highest BCUT2D eigenvalue weighted by Crippen LogP contribution is 2.33. The van der Waals surface area contributed by atoms with Gasteiger partial charge in [-0.05, 0) is 6.07 Å². The Morgan fingerprint density at radius 3 is 1.64 bits per heavy atom. The number of nitrogens with two attached hydrogens (primary N) is 1. The zero-order chi connectivity index (χ0) is 19.1. The number of carboxylic acid groups (broad SMARTS) is 1. The number of hydrogen-bond acceptors (Lipinski definition) is 10. The first-order valence-corrected chi connectivity index (χ1v) is 6.02. The summed E-state index contributed by atoms with van der Waals surface area (Å²) in [4.78, 5) is 46.1. The van der Waals surface area contributed by atoms with E-state index >= 15 is 0 Å². The van der Waals surface area contributed by atoms with Crippen molar-refractivity contribution in [2.24, 2.45) is 0 Å². The second-order valence-corrected chi connectivity index (χ2v) is 4.04. The standard InChI is InChI=1S/C7H3N3O8.C4H5N3/c11-7(12)6-4(9(15)16)1-3(8(13)14)2-5(6)10(17)18;5-4-6-2-1-3-7-4/h1-2H,(H,11,12);1-3H,(H2,5,6,7). The second kappa shape index (κ2) is 7.86. The molecule has 25 heavy (non-hydrogen) atoms. The van der Waals surface area contributed by atoms with Gasteiger partial charge in [-0.2, -0.15) is 0 Å². The van der Waals surface area contributed by atoms with Gasteiger partial charge < -0.3 is 10.8 Å². The summed E-state index contributed by atoms with van der Waals surface area (Å²) in [6, 6.07) is 2.43. The molecule has 0 fully saturated rings. The van der Waals surface area contributed by atoms with Crippen LogP contribution in [-0.2, 0) is 0 Å². The summed E-state index contributed by atoms with van der Waals surface area (Å²) in [5.74, 6) is -1.59. The molecule has 130 valence electrons. The fourth-order valence-electron chi connectivity index (χ4n) is 1.52. The van der Waals surface area contributed by atoms with Crippen LogP contribution in [0.15, 0.2) is 30.6 Å². The summed E-state index contributed by atoms with van der Waals surface area (Å²) in [6.45, 7) is 0. The molecule has 0 aliphatic rings. The average molecular weight is 352 g/mol. The lowest BCUT2D eigenvalue weighted by molar-refractivity contribution is -0.403. The largest absolute Gasteiger partial charge is 0.477 e. The molecule has 1 aromatic carbocycles. The number of hydrogen-bond donors (Lipinski definition) is 2. The van der Waals surface area contributed by atoms with E-state index in [1.165, 1.54) is 0 Å². The Kier molecular flexibility index (Phi) is 5.92. The van der Waals surface area contributed by atoms with Crippen molar-refractivity contribution in [1.82, 2.24) is 9.97 Å². The van der Waals surface area contributed by atoms with E-state index < -0.39 is 43.4 Å². The summed E-state index contributed by atoms with van der Waals surface area (Å²) in [7, 11) is 0. The highest BCUT2D eigenvalue weighted by atomic mass is 16.6. The Labute approximate surface area is 137 Å². The number of nitro groups is 3. The third-order valence-corrected chi connectivity index (χ3v) is 2.49. The van der Waals surface area contributed by atoms with Gasteiger partial charge in [-0.1, -0.05) is 0 Å². The molecule has 1 heterocycles. The van der Waals surface area contributed by atoms with Gasteiger partial charge in [0.25, 0.3) is 17.1 Å². The van der Waals surface area contributed by atoms with Gasteiger partial charge in [0.1, 0.15) is 0 Å². The fraction of sp³-hybridized carbons (Fsp3) is 0. The van der Waals surface area contributed by atoms with Gasteiger partial charge in [-0.3, -0.25) is 30.3 Å². The molecular weight excluding hydrogens is 344 g/mol. The zero-order valence-corrected chi connectivity index (χ0v) is 12.0. The third-order valence-electron chi connectivity index (χ3n) is 2.49. The molecular formula is C11H8N6O8. The van der Waals surface area contributed by atoms with Gasteiger partial charge in [0, 0.05) is 12.4 Å². The highest BCUT2D eigenvalue weighted by molar-refractivity contribution is 5.97. The van der Waals surface area contributed by atoms with Crippen LogP contribution in [0.2, 0.25) is 0 Å². The lowest BCUT2D eigenvalue weighted by atomic mass is 10.1. The van der Waals surface area contributed by atoms with E-state index in [1.54, 1.807) is 18.5 Å². The van der Waals surface area contributed by atoms with Crippen molar-refractivity contribution in [2.45, 2.75) is 0 Å². The molecule has 0 amide bonds. The molecule has 14 heteroatoms. The molecule has 14 nitrogen and oxygen atoms in total. The number of aromatic carboxylic acids is 1. The minimum Gasteiger partial charge on any atom is -0.477 e. The number of carbonyl (C=O) groups is 1. The van der Waals surface area contributed by atoms with Crippen LogP contribution in [0.5, 0.6) is 0 Å². The van der Waals surface area contributed by atoms with Crippen LogP contribution in [0.4, 0.5) is 23.0 Å². The van der Waals surface area contributed by atoms with Crippen LogP contribution in [0, 0.1) is 30.3 Å². The topological polar surface area (TPSA) is 219 Å². The summed E-state index contributed by atoms with van der Waals surface area (Å²) in [5, 5.41) is 40.3. The van der Waals surface area contributed by atoms with Crippen molar-refractivity contribution in [1.29, 1.82) is 0 Å². The predicted octanol–water partition coefficient (Wildman–Crippen LogP) is 1.17. The summed E-state index contributed by atoms with van der Waals surface area (Å²) < 4.78 is 0. The first kappa shape index (κ1) is 18.8. The van der Waals surface area contributed by atoms with Gasteiger partial charge in [0.15, 0.2) is 0 Å². The Hall–Kier alpha value is -4.23. The molecule has 0 spiro atoms. The lowest BCUT2D eigenvalue weighted by Gasteiger charge is -2.00. The third kappa shape index (κ3) is 4.88. The van der Waals surface area contributed by atoms with Crippen LogP contribution in [-0.4, -0.2) is 35.8 Å². The van der Waals surface area contributed by atoms with Gasteiger partial charge in [-0.25, -0.2) is 14.8 Å². The van der Waals surface area contributed by atoms with Crippen molar-refractivity contribution < 1.29 is 24.7 Å². The summed E-state index contributed by atoms with van der Waals surface area (Å²) in [6.07, 6.45) is 3.20. The Morgan fingerprint density at radius 1 is 0.960 bits per heavy atom. The van der Waals surface area contributed by atoms with Crippen LogP contribution < -0.4 is 5.73 Å². The Bertz CT molecular complexity index is 805. The van der Waals surface area contributed by atoms with Gasteiger partial charge in [0.05, 0.1) is 26.9 Å². The van der Waals surface area contributed by atoms with Crippen LogP contribution >= 0.6 is 0 Å². The average Bonchev–Trinajstić information content (AvgIpc) is 2.54. The minimum atomic E-state index is -1.91. The molecule has 0 saturated heterocycles. The number of rotatable bonds is 4.